The lowest BCUT2D eigenvalue weighted by atomic mass is 10.2. The maximum absolute atomic E-state index is 12.3. The molecule has 0 spiro atoms. The molecule has 0 aliphatic heterocycles. The standard InChI is InChI=1S/C23H21NO5/c1-16(28-23(26)17-7-6-10-21(15-17)27-2)22(25)24-18-11-13-20(14-12-18)29-19-8-4-3-5-9-19/h3-16H,1-2H3,(H,24,25). The van der Waals surface area contributed by atoms with Crippen molar-refractivity contribution in [2.45, 2.75) is 13.0 Å². The molecule has 6 nitrogen and oxygen atoms in total. The molecular formula is C23H21NO5. The molecular weight excluding hydrogens is 370 g/mol. The van der Waals surface area contributed by atoms with Gasteiger partial charge in [0.15, 0.2) is 6.10 Å². The van der Waals surface area contributed by atoms with E-state index in [2.05, 4.69) is 5.32 Å². The van der Waals surface area contributed by atoms with E-state index in [1.807, 2.05) is 30.3 Å². The lowest BCUT2D eigenvalue weighted by molar-refractivity contribution is -0.123. The van der Waals surface area contributed by atoms with E-state index in [4.69, 9.17) is 14.2 Å². The fraction of sp³-hybridized carbons (Fsp3) is 0.130. The lowest BCUT2D eigenvalue weighted by Crippen LogP contribution is -2.30. The molecule has 0 heterocycles. The number of methoxy groups -OCH3 is 1. The second-order valence-corrected chi connectivity index (χ2v) is 6.21. The Morgan fingerprint density at radius 2 is 1.48 bits per heavy atom. The topological polar surface area (TPSA) is 73.9 Å². The van der Waals surface area contributed by atoms with Gasteiger partial charge in [0.2, 0.25) is 0 Å². The molecule has 0 aromatic heterocycles. The van der Waals surface area contributed by atoms with Crippen molar-refractivity contribution < 1.29 is 23.8 Å². The number of hydrogen-bond acceptors (Lipinski definition) is 5. The third-order valence-corrected chi connectivity index (χ3v) is 4.06. The summed E-state index contributed by atoms with van der Waals surface area (Å²) in [6.45, 7) is 1.51. The molecule has 1 unspecified atom stereocenters. The maximum atomic E-state index is 12.3. The van der Waals surface area contributed by atoms with Crippen LogP contribution in [0.1, 0.15) is 17.3 Å². The summed E-state index contributed by atoms with van der Waals surface area (Å²) in [4.78, 5) is 24.6. The van der Waals surface area contributed by atoms with Crippen LogP contribution in [0.5, 0.6) is 17.2 Å². The van der Waals surface area contributed by atoms with Crippen LogP contribution in [-0.2, 0) is 9.53 Å². The Morgan fingerprint density at radius 3 is 2.17 bits per heavy atom. The SMILES string of the molecule is COc1cccc(C(=O)OC(C)C(=O)Nc2ccc(Oc3ccccc3)cc2)c1. The first-order valence-corrected chi connectivity index (χ1v) is 9.04. The summed E-state index contributed by atoms with van der Waals surface area (Å²) < 4.78 is 16.0. The number of carbonyl (C=O) groups excluding carboxylic acids is 2. The highest BCUT2D eigenvalue weighted by atomic mass is 16.5. The summed E-state index contributed by atoms with van der Waals surface area (Å²) in [5.41, 5.74) is 0.881. The number of carbonyl (C=O) groups is 2. The van der Waals surface area contributed by atoms with E-state index in [-0.39, 0.29) is 0 Å². The number of esters is 1. The van der Waals surface area contributed by atoms with Gasteiger partial charge in [0.05, 0.1) is 12.7 Å². The number of rotatable bonds is 7. The number of nitrogens with one attached hydrogen (secondary N) is 1. The van der Waals surface area contributed by atoms with E-state index < -0.39 is 18.0 Å². The summed E-state index contributed by atoms with van der Waals surface area (Å²) >= 11 is 0. The molecule has 1 N–H and O–H groups in total. The van der Waals surface area contributed by atoms with Crippen molar-refractivity contribution in [1.29, 1.82) is 0 Å². The minimum absolute atomic E-state index is 0.311. The molecule has 1 amide bonds. The molecule has 0 aliphatic carbocycles. The van der Waals surface area contributed by atoms with Gasteiger partial charge in [-0.25, -0.2) is 4.79 Å². The third-order valence-electron chi connectivity index (χ3n) is 4.06. The number of amides is 1. The number of ether oxygens (including phenoxy) is 3. The summed E-state index contributed by atoms with van der Waals surface area (Å²) in [6, 6.07) is 22.9. The Balaban J connectivity index is 1.55. The first kappa shape index (κ1) is 19.9. The molecule has 0 saturated carbocycles. The minimum atomic E-state index is -0.964. The van der Waals surface area contributed by atoms with E-state index in [1.54, 1.807) is 48.5 Å². The van der Waals surface area contributed by atoms with Crippen molar-refractivity contribution in [2.24, 2.45) is 0 Å². The largest absolute Gasteiger partial charge is 0.497 e. The van der Waals surface area contributed by atoms with Gasteiger partial charge in [-0.1, -0.05) is 24.3 Å². The van der Waals surface area contributed by atoms with Gasteiger partial charge in [-0.3, -0.25) is 4.79 Å². The second-order valence-electron chi connectivity index (χ2n) is 6.21. The van der Waals surface area contributed by atoms with Crippen LogP contribution < -0.4 is 14.8 Å². The van der Waals surface area contributed by atoms with E-state index in [1.165, 1.54) is 14.0 Å². The zero-order valence-electron chi connectivity index (χ0n) is 16.1. The van der Waals surface area contributed by atoms with Crippen LogP contribution in [0.4, 0.5) is 5.69 Å². The van der Waals surface area contributed by atoms with Gasteiger partial charge in [-0.2, -0.15) is 0 Å². The molecule has 29 heavy (non-hydrogen) atoms. The van der Waals surface area contributed by atoms with E-state index in [0.717, 1.165) is 5.75 Å². The second kappa shape index (κ2) is 9.41. The highest BCUT2D eigenvalue weighted by Crippen LogP contribution is 2.23. The molecule has 148 valence electrons. The van der Waals surface area contributed by atoms with Gasteiger partial charge in [0.25, 0.3) is 5.91 Å². The average Bonchev–Trinajstić information content (AvgIpc) is 2.75. The number of benzene rings is 3. The van der Waals surface area contributed by atoms with Crippen LogP contribution in [0.3, 0.4) is 0 Å². The van der Waals surface area contributed by atoms with Crippen LogP contribution in [0, 0.1) is 0 Å². The third kappa shape index (κ3) is 5.59. The van der Waals surface area contributed by atoms with Crippen LogP contribution in [0.2, 0.25) is 0 Å². The Bertz CT molecular complexity index is 970. The summed E-state index contributed by atoms with van der Waals surface area (Å²) in [6.07, 6.45) is -0.964. The number of anilines is 1. The van der Waals surface area contributed by atoms with Gasteiger partial charge >= 0.3 is 5.97 Å². The van der Waals surface area contributed by atoms with Crippen LogP contribution in [-0.4, -0.2) is 25.1 Å². The molecule has 1 atom stereocenters. The minimum Gasteiger partial charge on any atom is -0.497 e. The fourth-order valence-corrected chi connectivity index (χ4v) is 2.51. The van der Waals surface area contributed by atoms with E-state index in [9.17, 15) is 9.59 Å². The molecule has 3 rings (SSSR count). The molecule has 0 fully saturated rings. The first-order valence-electron chi connectivity index (χ1n) is 9.04. The lowest BCUT2D eigenvalue weighted by Gasteiger charge is -2.14. The number of hydrogen-bond donors (Lipinski definition) is 1. The zero-order valence-corrected chi connectivity index (χ0v) is 16.1. The van der Waals surface area contributed by atoms with Gasteiger partial charge in [-0.15, -0.1) is 0 Å². The van der Waals surface area contributed by atoms with Crippen molar-refractivity contribution in [3.8, 4) is 17.2 Å². The summed E-state index contributed by atoms with van der Waals surface area (Å²) in [7, 11) is 1.51. The molecule has 0 saturated heterocycles. The Labute approximate surface area is 169 Å². The van der Waals surface area contributed by atoms with E-state index >= 15 is 0 Å². The molecule has 3 aromatic rings. The van der Waals surface area contributed by atoms with Gasteiger partial charge < -0.3 is 19.5 Å². The quantitative estimate of drug-likeness (QED) is 0.593. The molecule has 0 aliphatic rings. The smallest absolute Gasteiger partial charge is 0.339 e. The summed E-state index contributed by atoms with van der Waals surface area (Å²) in [5.74, 6) is 0.875. The normalized spacial score (nSPS) is 11.2. The fourth-order valence-electron chi connectivity index (χ4n) is 2.51. The Morgan fingerprint density at radius 1 is 0.828 bits per heavy atom. The van der Waals surface area contributed by atoms with E-state index in [0.29, 0.717) is 22.7 Å². The first-order chi connectivity index (χ1) is 14.0. The molecule has 0 bridgehead atoms. The molecule has 0 radical (unpaired) electrons. The maximum Gasteiger partial charge on any atom is 0.339 e. The van der Waals surface area contributed by atoms with Crippen LogP contribution in [0.15, 0.2) is 78.9 Å². The Hall–Kier alpha value is -3.80. The predicted octanol–water partition coefficient (Wildman–Crippen LogP) is 4.67. The summed E-state index contributed by atoms with van der Waals surface area (Å²) in [5, 5.41) is 2.72. The molecule has 6 heteroatoms. The monoisotopic (exact) mass is 391 g/mol. The molecule has 3 aromatic carbocycles. The van der Waals surface area contributed by atoms with Gasteiger partial charge in [-0.05, 0) is 61.5 Å². The van der Waals surface area contributed by atoms with Crippen molar-refractivity contribution >= 4 is 17.6 Å². The number of para-hydroxylation sites is 1. The van der Waals surface area contributed by atoms with Crippen molar-refractivity contribution in [2.75, 3.05) is 12.4 Å². The van der Waals surface area contributed by atoms with Crippen molar-refractivity contribution in [1.82, 2.24) is 0 Å². The Kier molecular flexibility index (Phi) is 6.47. The predicted molar refractivity (Wildman–Crippen MR) is 109 cm³/mol. The zero-order chi connectivity index (χ0) is 20.6. The average molecular weight is 391 g/mol. The highest BCUT2D eigenvalue weighted by molar-refractivity contribution is 5.97. The van der Waals surface area contributed by atoms with Crippen LogP contribution in [0.25, 0.3) is 0 Å². The van der Waals surface area contributed by atoms with Crippen molar-refractivity contribution in [3.63, 3.8) is 0 Å². The van der Waals surface area contributed by atoms with Gasteiger partial charge in [0.1, 0.15) is 17.2 Å². The van der Waals surface area contributed by atoms with Gasteiger partial charge in [0, 0.05) is 5.69 Å². The van der Waals surface area contributed by atoms with Crippen molar-refractivity contribution in [3.05, 3.63) is 84.4 Å². The van der Waals surface area contributed by atoms with Crippen LogP contribution >= 0.6 is 0 Å². The highest BCUT2D eigenvalue weighted by Gasteiger charge is 2.19.